The molecule has 0 saturated carbocycles. The summed E-state index contributed by atoms with van der Waals surface area (Å²) in [7, 11) is 0. The van der Waals surface area contributed by atoms with E-state index in [0.29, 0.717) is 13.0 Å². The largest absolute Gasteiger partial charge is 0.355 e. The van der Waals surface area contributed by atoms with Crippen molar-refractivity contribution >= 4 is 11.8 Å². The van der Waals surface area contributed by atoms with Crippen LogP contribution in [0.2, 0.25) is 0 Å². The lowest BCUT2D eigenvalue weighted by atomic mass is 9.90. The molecule has 4 nitrogen and oxygen atoms in total. The second kappa shape index (κ2) is 10.2. The van der Waals surface area contributed by atoms with Gasteiger partial charge in [-0.1, -0.05) is 91.0 Å². The fraction of sp³-hybridized carbons (Fsp3) is 0.200. The highest BCUT2D eigenvalue weighted by atomic mass is 16.2. The van der Waals surface area contributed by atoms with E-state index in [2.05, 4.69) is 10.6 Å². The first kappa shape index (κ1) is 20.3. The third-order valence-electron chi connectivity index (χ3n) is 4.79. The molecule has 3 aromatic rings. The van der Waals surface area contributed by atoms with Gasteiger partial charge in [-0.25, -0.2) is 0 Å². The molecule has 0 fully saturated rings. The van der Waals surface area contributed by atoms with E-state index in [4.69, 9.17) is 0 Å². The van der Waals surface area contributed by atoms with Crippen LogP contribution in [0.3, 0.4) is 0 Å². The van der Waals surface area contributed by atoms with E-state index >= 15 is 0 Å². The summed E-state index contributed by atoms with van der Waals surface area (Å²) in [6.45, 7) is 2.39. The van der Waals surface area contributed by atoms with E-state index in [1.807, 2.05) is 97.9 Å². The van der Waals surface area contributed by atoms with Crippen molar-refractivity contribution in [3.8, 4) is 0 Å². The number of rotatable bonds is 8. The summed E-state index contributed by atoms with van der Waals surface area (Å²) in [4.78, 5) is 26.0. The second-order valence-electron chi connectivity index (χ2n) is 6.90. The fourth-order valence-electron chi connectivity index (χ4n) is 3.40. The topological polar surface area (TPSA) is 58.2 Å². The maximum Gasteiger partial charge on any atom is 0.242 e. The molecule has 0 aliphatic carbocycles. The number of hydrogen-bond donors (Lipinski definition) is 2. The molecule has 1 unspecified atom stereocenters. The van der Waals surface area contributed by atoms with Gasteiger partial charge in [-0.05, 0) is 23.6 Å². The Morgan fingerprint density at radius 1 is 0.724 bits per heavy atom. The van der Waals surface area contributed by atoms with E-state index < -0.39 is 12.0 Å². The second-order valence-corrected chi connectivity index (χ2v) is 6.90. The summed E-state index contributed by atoms with van der Waals surface area (Å²) in [6.07, 6.45) is 0.439. The van der Waals surface area contributed by atoms with Crippen LogP contribution in [-0.2, 0) is 16.0 Å². The van der Waals surface area contributed by atoms with Crippen LogP contribution in [-0.4, -0.2) is 24.4 Å². The molecule has 0 bridgehead atoms. The zero-order valence-electron chi connectivity index (χ0n) is 16.5. The number of likely N-dealkylation sites (N-methyl/N-ethyl adjacent to an activating group) is 1. The summed E-state index contributed by atoms with van der Waals surface area (Å²) in [6, 6.07) is 28.4. The van der Waals surface area contributed by atoms with Crippen LogP contribution in [0.1, 0.15) is 29.5 Å². The van der Waals surface area contributed by atoms with Gasteiger partial charge in [-0.15, -0.1) is 0 Å². The van der Waals surface area contributed by atoms with E-state index in [1.165, 1.54) is 0 Å². The van der Waals surface area contributed by atoms with Gasteiger partial charge in [0, 0.05) is 13.0 Å². The van der Waals surface area contributed by atoms with E-state index in [9.17, 15) is 9.59 Å². The first-order valence-corrected chi connectivity index (χ1v) is 9.91. The van der Waals surface area contributed by atoms with Gasteiger partial charge in [0.15, 0.2) is 0 Å². The Bertz CT molecular complexity index is 872. The molecule has 0 aliphatic rings. The Labute approximate surface area is 172 Å². The van der Waals surface area contributed by atoms with Crippen LogP contribution < -0.4 is 10.6 Å². The number of hydrogen-bond acceptors (Lipinski definition) is 2. The van der Waals surface area contributed by atoms with E-state index in [0.717, 1.165) is 16.7 Å². The third kappa shape index (κ3) is 5.55. The molecule has 0 radical (unpaired) electrons. The zero-order valence-corrected chi connectivity index (χ0v) is 16.5. The van der Waals surface area contributed by atoms with Gasteiger partial charge in [0.05, 0.1) is 5.92 Å². The summed E-state index contributed by atoms with van der Waals surface area (Å²) in [5.74, 6) is -0.843. The number of benzene rings is 3. The van der Waals surface area contributed by atoms with E-state index in [-0.39, 0.29) is 11.8 Å². The van der Waals surface area contributed by atoms with Crippen LogP contribution >= 0.6 is 0 Å². The molecule has 0 spiro atoms. The van der Waals surface area contributed by atoms with Crippen molar-refractivity contribution in [1.29, 1.82) is 0 Å². The smallest absolute Gasteiger partial charge is 0.242 e. The maximum absolute atomic E-state index is 13.4. The minimum absolute atomic E-state index is 0.176. The van der Waals surface area contributed by atoms with Gasteiger partial charge in [0.2, 0.25) is 11.8 Å². The molecule has 3 aromatic carbocycles. The van der Waals surface area contributed by atoms with Crippen LogP contribution in [0.4, 0.5) is 0 Å². The van der Waals surface area contributed by atoms with Crippen molar-refractivity contribution in [1.82, 2.24) is 10.6 Å². The molecule has 4 heteroatoms. The van der Waals surface area contributed by atoms with Crippen molar-refractivity contribution in [3.63, 3.8) is 0 Å². The van der Waals surface area contributed by atoms with Crippen LogP contribution in [0.25, 0.3) is 0 Å². The average molecular weight is 386 g/mol. The standard InChI is InChI=1S/C25H26N2O2/c1-2-26-24(28)22(18-19-12-6-3-7-13-19)27-25(29)23(20-14-8-4-9-15-20)21-16-10-5-11-17-21/h3-17,22-23H,2,18H2,1H3,(H,26,28)(H,27,29). The Morgan fingerprint density at radius 3 is 1.69 bits per heavy atom. The first-order chi connectivity index (χ1) is 14.2. The SMILES string of the molecule is CCNC(=O)C(Cc1ccccc1)NC(=O)C(c1ccccc1)c1ccccc1. The fourth-order valence-corrected chi connectivity index (χ4v) is 3.40. The quantitative estimate of drug-likeness (QED) is 0.620. The highest BCUT2D eigenvalue weighted by Gasteiger charge is 2.27. The molecule has 2 N–H and O–H groups in total. The highest BCUT2D eigenvalue weighted by Crippen LogP contribution is 2.25. The Kier molecular flexibility index (Phi) is 7.17. The lowest BCUT2D eigenvalue weighted by molar-refractivity contribution is -0.129. The lowest BCUT2D eigenvalue weighted by Gasteiger charge is -2.23. The number of carbonyl (C=O) groups is 2. The maximum atomic E-state index is 13.4. The van der Waals surface area contributed by atoms with Crippen molar-refractivity contribution in [2.45, 2.75) is 25.3 Å². The number of carbonyl (C=O) groups excluding carboxylic acids is 2. The molecule has 1 atom stereocenters. The zero-order chi connectivity index (χ0) is 20.5. The first-order valence-electron chi connectivity index (χ1n) is 9.91. The van der Waals surface area contributed by atoms with Crippen molar-refractivity contribution < 1.29 is 9.59 Å². The van der Waals surface area contributed by atoms with Crippen LogP contribution in [0.5, 0.6) is 0 Å². The Morgan fingerprint density at radius 2 is 1.21 bits per heavy atom. The van der Waals surface area contributed by atoms with Crippen LogP contribution in [0.15, 0.2) is 91.0 Å². The normalized spacial score (nSPS) is 11.7. The van der Waals surface area contributed by atoms with Gasteiger partial charge in [-0.3, -0.25) is 9.59 Å². The van der Waals surface area contributed by atoms with E-state index in [1.54, 1.807) is 0 Å². The minimum atomic E-state index is -0.639. The van der Waals surface area contributed by atoms with Gasteiger partial charge in [0.25, 0.3) is 0 Å². The van der Waals surface area contributed by atoms with Gasteiger partial charge >= 0.3 is 0 Å². The van der Waals surface area contributed by atoms with Crippen molar-refractivity contribution in [2.24, 2.45) is 0 Å². The van der Waals surface area contributed by atoms with Crippen molar-refractivity contribution in [3.05, 3.63) is 108 Å². The molecule has 3 rings (SSSR count). The molecule has 0 aromatic heterocycles. The number of amides is 2. The summed E-state index contributed by atoms with van der Waals surface area (Å²) >= 11 is 0. The van der Waals surface area contributed by atoms with Gasteiger partial charge in [-0.2, -0.15) is 0 Å². The molecular formula is C25H26N2O2. The molecule has 2 amide bonds. The minimum Gasteiger partial charge on any atom is -0.355 e. The summed E-state index contributed by atoms with van der Waals surface area (Å²) in [5, 5.41) is 5.83. The molecule has 0 heterocycles. The lowest BCUT2D eigenvalue weighted by Crippen LogP contribution is -2.49. The molecule has 0 aliphatic heterocycles. The predicted molar refractivity (Wildman–Crippen MR) is 115 cm³/mol. The summed E-state index contributed by atoms with van der Waals surface area (Å²) in [5.41, 5.74) is 2.79. The molecule has 148 valence electrons. The molecule has 0 saturated heterocycles. The van der Waals surface area contributed by atoms with Gasteiger partial charge < -0.3 is 10.6 Å². The predicted octanol–water partition coefficient (Wildman–Crippen LogP) is 3.68. The molecular weight excluding hydrogens is 360 g/mol. The monoisotopic (exact) mass is 386 g/mol. The van der Waals surface area contributed by atoms with Crippen LogP contribution in [0, 0.1) is 0 Å². The third-order valence-corrected chi connectivity index (χ3v) is 4.79. The number of nitrogens with one attached hydrogen (secondary N) is 2. The van der Waals surface area contributed by atoms with Crippen molar-refractivity contribution in [2.75, 3.05) is 6.54 Å². The highest BCUT2D eigenvalue weighted by molar-refractivity contribution is 5.92. The molecule has 29 heavy (non-hydrogen) atoms. The van der Waals surface area contributed by atoms with Gasteiger partial charge in [0.1, 0.15) is 6.04 Å². The Balaban J connectivity index is 1.87. The summed E-state index contributed by atoms with van der Waals surface area (Å²) < 4.78 is 0. The Hall–Kier alpha value is -3.40. The average Bonchev–Trinajstić information content (AvgIpc) is 2.76.